The molecule has 1 atom stereocenters. The molecule has 198 valence electrons. The number of fused-ring (bicyclic) bond motifs is 6. The first-order chi connectivity index (χ1) is 17.5. The van der Waals surface area contributed by atoms with Gasteiger partial charge >= 0.3 is 0 Å². The lowest BCUT2D eigenvalue weighted by atomic mass is 10.0. The van der Waals surface area contributed by atoms with Crippen molar-refractivity contribution in [2.45, 2.75) is 6.42 Å². The van der Waals surface area contributed by atoms with Crippen LogP contribution in [0.2, 0.25) is 0 Å². The molecule has 0 amide bonds. The molecule has 3 aromatic rings. The maximum atomic E-state index is 14.7. The maximum absolute atomic E-state index is 14.7. The van der Waals surface area contributed by atoms with E-state index >= 15 is 0 Å². The van der Waals surface area contributed by atoms with Crippen LogP contribution in [0.4, 0.5) is 20.4 Å². The van der Waals surface area contributed by atoms with Crippen LogP contribution in [0.3, 0.4) is 0 Å². The topological polar surface area (TPSA) is 146 Å². The maximum Gasteiger partial charge on any atom is 0.223 e. The summed E-state index contributed by atoms with van der Waals surface area (Å²) in [5.41, 5.74) is 6.14. The summed E-state index contributed by atoms with van der Waals surface area (Å²) in [4.78, 5) is 8.40. The van der Waals surface area contributed by atoms with E-state index < -0.39 is 31.4 Å². The van der Waals surface area contributed by atoms with Gasteiger partial charge in [0, 0.05) is 57.6 Å². The second kappa shape index (κ2) is 11.0. The molecule has 0 fully saturated rings. The summed E-state index contributed by atoms with van der Waals surface area (Å²) in [7, 11) is -7.04. The molecule has 0 aliphatic carbocycles. The van der Waals surface area contributed by atoms with Crippen molar-refractivity contribution >= 4 is 36.7 Å². The molecular weight excluding hydrogens is 528 g/mol. The summed E-state index contributed by atoms with van der Waals surface area (Å²) < 4.78 is 79.3. The first-order valence-corrected chi connectivity index (χ1v) is 14.8. The van der Waals surface area contributed by atoms with E-state index in [0.717, 1.165) is 6.20 Å². The van der Waals surface area contributed by atoms with Crippen LogP contribution in [-0.4, -0.2) is 59.7 Å². The highest BCUT2D eigenvalue weighted by Crippen LogP contribution is 2.34. The molecule has 4 bridgehead atoms. The first-order valence-electron chi connectivity index (χ1n) is 11.1. The molecule has 10 nitrogen and oxygen atoms in total. The molecule has 37 heavy (non-hydrogen) atoms. The van der Waals surface area contributed by atoms with E-state index in [9.17, 15) is 21.4 Å². The molecule has 4 N–H and O–H groups in total. The van der Waals surface area contributed by atoms with Crippen molar-refractivity contribution in [2.24, 2.45) is 5.73 Å². The Labute approximate surface area is 213 Å². The molecule has 0 spiro atoms. The standard InChI is InChI=1S/C23H25F2N5O5S2/c1-36(31,30-37(32,33)8-5-26)14-15-9-22-28-21-12-18(19(25)13-27-21)17-4-3-16(24)11-20(17)34-6-2-7-35-23(10-15)29-22/h3-4,9-14H,2,5-8,26H2,1H3,(H,30,31)(H,27,28,29). The molecule has 14 heteroatoms. The molecule has 1 unspecified atom stereocenters. The lowest BCUT2D eigenvalue weighted by Crippen LogP contribution is -2.35. The Kier molecular flexibility index (Phi) is 7.92. The van der Waals surface area contributed by atoms with Crippen LogP contribution in [0.5, 0.6) is 11.6 Å². The number of rotatable bonds is 5. The van der Waals surface area contributed by atoms with E-state index in [-0.39, 0.29) is 54.3 Å². The highest BCUT2D eigenvalue weighted by atomic mass is 32.3. The van der Waals surface area contributed by atoms with Gasteiger partial charge in [0.25, 0.3) is 0 Å². The van der Waals surface area contributed by atoms with Crippen LogP contribution in [0.15, 0.2) is 42.6 Å². The van der Waals surface area contributed by atoms with E-state index in [1.807, 2.05) is 0 Å². The molecule has 1 aliphatic rings. The molecule has 3 heterocycles. The Hall–Kier alpha value is -3.33. The third-order valence-electron chi connectivity index (χ3n) is 5.01. The van der Waals surface area contributed by atoms with Crippen molar-refractivity contribution in [1.29, 1.82) is 0 Å². The van der Waals surface area contributed by atoms with E-state index in [2.05, 4.69) is 19.4 Å². The van der Waals surface area contributed by atoms with Crippen LogP contribution in [0, 0.1) is 11.6 Å². The number of nitrogens with two attached hydrogens (primary N) is 1. The Morgan fingerprint density at radius 1 is 1.08 bits per heavy atom. The second-order valence-corrected chi connectivity index (χ2v) is 12.5. The fourth-order valence-electron chi connectivity index (χ4n) is 3.56. The first kappa shape index (κ1) is 26.7. The molecule has 4 rings (SSSR count). The average Bonchev–Trinajstić information content (AvgIpc) is 2.78. The minimum atomic E-state index is -3.86. The van der Waals surface area contributed by atoms with Gasteiger partial charge in [-0.2, -0.15) is 4.98 Å². The lowest BCUT2D eigenvalue weighted by molar-refractivity contribution is 0.242. The summed E-state index contributed by atoms with van der Waals surface area (Å²) in [6.07, 6.45) is 2.64. The molecular formula is C23H25F2N5O5S2. The lowest BCUT2D eigenvalue weighted by Gasteiger charge is -2.16. The van der Waals surface area contributed by atoms with Gasteiger partial charge in [-0.15, -0.1) is 4.13 Å². The van der Waals surface area contributed by atoms with Crippen LogP contribution in [0.1, 0.15) is 12.0 Å². The minimum Gasteiger partial charge on any atom is -0.493 e. The summed E-state index contributed by atoms with van der Waals surface area (Å²) in [6, 6.07) is 8.24. The number of halogens is 2. The van der Waals surface area contributed by atoms with Crippen LogP contribution < -0.4 is 24.7 Å². The predicted octanol–water partition coefficient (Wildman–Crippen LogP) is 2.18. The van der Waals surface area contributed by atoms with Gasteiger partial charge in [0.15, 0.2) is 0 Å². The van der Waals surface area contributed by atoms with Gasteiger partial charge in [-0.25, -0.2) is 22.2 Å². The Morgan fingerprint density at radius 3 is 2.65 bits per heavy atom. The quantitative estimate of drug-likeness (QED) is 0.405. The third kappa shape index (κ3) is 7.13. The normalized spacial score (nSPS) is 15.1. The van der Waals surface area contributed by atoms with E-state index in [0.29, 0.717) is 17.5 Å². The fraction of sp³-hybridized carbons (Fsp3) is 0.261. The van der Waals surface area contributed by atoms with Crippen LogP contribution >= 0.6 is 0 Å². The number of hydrogen-bond donors (Lipinski definition) is 3. The zero-order valence-corrected chi connectivity index (χ0v) is 21.4. The number of benzene rings is 1. The largest absolute Gasteiger partial charge is 0.493 e. The van der Waals surface area contributed by atoms with Crippen molar-refractivity contribution in [2.75, 3.05) is 37.1 Å². The summed E-state index contributed by atoms with van der Waals surface area (Å²) in [5.74, 6) is -0.770. The number of aromatic nitrogens is 2. The summed E-state index contributed by atoms with van der Waals surface area (Å²) in [5, 5.41) is 4.20. The van der Waals surface area contributed by atoms with Gasteiger partial charge in [-0.05, 0) is 29.8 Å². The Balaban J connectivity index is 1.76. The van der Waals surface area contributed by atoms with Gasteiger partial charge in [0.1, 0.15) is 29.0 Å². The van der Waals surface area contributed by atoms with Gasteiger partial charge in [-0.1, -0.05) is 0 Å². The highest BCUT2D eigenvalue weighted by molar-refractivity contribution is 8.09. The summed E-state index contributed by atoms with van der Waals surface area (Å²) in [6.45, 7) is 0.198. The average molecular weight is 554 g/mol. The monoisotopic (exact) mass is 553 g/mol. The van der Waals surface area contributed by atoms with E-state index in [1.54, 1.807) is 0 Å². The molecule has 0 radical (unpaired) electrons. The molecule has 1 aliphatic heterocycles. The highest BCUT2D eigenvalue weighted by Gasteiger charge is 2.17. The second-order valence-electron chi connectivity index (χ2n) is 8.20. The Morgan fingerprint density at radius 2 is 1.86 bits per heavy atom. The van der Waals surface area contributed by atoms with Crippen molar-refractivity contribution in [1.82, 2.24) is 14.1 Å². The van der Waals surface area contributed by atoms with Crippen molar-refractivity contribution < 1.29 is 30.9 Å². The van der Waals surface area contributed by atoms with Crippen molar-refractivity contribution in [3.05, 3.63) is 59.8 Å². The van der Waals surface area contributed by atoms with E-state index in [4.69, 9.17) is 15.2 Å². The van der Waals surface area contributed by atoms with Gasteiger partial charge < -0.3 is 20.5 Å². The molecule has 1 aromatic carbocycles. The number of sulfonamides is 1. The number of nitrogens with zero attached hydrogens (tertiary/aromatic N) is 2. The van der Waals surface area contributed by atoms with Gasteiger partial charge in [0.2, 0.25) is 15.9 Å². The van der Waals surface area contributed by atoms with Crippen LogP contribution in [0.25, 0.3) is 11.1 Å². The summed E-state index contributed by atoms with van der Waals surface area (Å²) >= 11 is 0. The molecule has 0 saturated carbocycles. The Bertz CT molecular complexity index is 1540. The zero-order valence-electron chi connectivity index (χ0n) is 19.7. The fourth-order valence-corrected chi connectivity index (χ4v) is 7.07. The van der Waals surface area contributed by atoms with Crippen LogP contribution in [-0.2, 0) is 19.7 Å². The van der Waals surface area contributed by atoms with Gasteiger partial charge in [0.05, 0.1) is 25.2 Å². The van der Waals surface area contributed by atoms with Gasteiger partial charge in [-0.3, -0.25) is 4.21 Å². The van der Waals surface area contributed by atoms with E-state index in [1.165, 1.54) is 48.0 Å². The third-order valence-corrected chi connectivity index (χ3v) is 8.84. The SMILES string of the molecule is CS(=O)(=Cc1cc2nc(c1)OCCCOc1cc(F)ccc1-c1cc(ncc1F)N2)NS(=O)(=O)CCN. The number of pyridine rings is 2. The van der Waals surface area contributed by atoms with Crippen molar-refractivity contribution in [3.8, 4) is 22.8 Å². The number of hydrogen-bond acceptors (Lipinski definition) is 9. The predicted molar refractivity (Wildman–Crippen MR) is 138 cm³/mol. The number of ether oxygens (including phenoxy) is 2. The molecule has 2 aromatic heterocycles. The zero-order chi connectivity index (χ0) is 26.6. The smallest absolute Gasteiger partial charge is 0.223 e. The number of nitrogens with one attached hydrogen (secondary N) is 2. The van der Waals surface area contributed by atoms with Crippen molar-refractivity contribution in [3.63, 3.8) is 0 Å². The minimum absolute atomic E-state index is 0.123. The number of anilines is 2. The molecule has 0 saturated heterocycles.